The number of anilines is 1. The highest BCUT2D eigenvalue weighted by Crippen LogP contribution is 2.26. The highest BCUT2D eigenvalue weighted by atomic mass is 32.2. The Bertz CT molecular complexity index is 1130. The Kier molecular flexibility index (Phi) is 5.87. The van der Waals surface area contributed by atoms with E-state index in [1.807, 2.05) is 31.2 Å². The lowest BCUT2D eigenvalue weighted by Gasteiger charge is -2.09. The second-order valence-electron chi connectivity index (χ2n) is 6.07. The molecular weight excluding hydrogens is 398 g/mol. The van der Waals surface area contributed by atoms with Gasteiger partial charge in [-0.25, -0.2) is 18.5 Å². The molecule has 0 bridgehead atoms. The number of primary sulfonamides is 1. The van der Waals surface area contributed by atoms with Crippen molar-refractivity contribution >= 4 is 44.3 Å². The Hall–Kier alpha value is -2.62. The molecule has 0 saturated carbocycles. The SMILES string of the molecule is COc1ccc2c(C)cc(SCC(=O)Nc3ccc(S(N)(=O)=O)cc3)nc2c1. The van der Waals surface area contributed by atoms with E-state index in [1.165, 1.54) is 36.0 Å². The van der Waals surface area contributed by atoms with Crippen LogP contribution in [0.4, 0.5) is 5.69 Å². The van der Waals surface area contributed by atoms with Gasteiger partial charge >= 0.3 is 0 Å². The molecule has 1 heterocycles. The van der Waals surface area contributed by atoms with Crippen molar-refractivity contribution in [3.05, 3.63) is 54.1 Å². The van der Waals surface area contributed by atoms with Crippen molar-refractivity contribution in [3.63, 3.8) is 0 Å². The number of methoxy groups -OCH3 is 1. The summed E-state index contributed by atoms with van der Waals surface area (Å²) >= 11 is 1.32. The van der Waals surface area contributed by atoms with Crippen molar-refractivity contribution in [1.82, 2.24) is 4.98 Å². The molecule has 3 aromatic rings. The quantitative estimate of drug-likeness (QED) is 0.597. The molecule has 3 rings (SSSR count). The summed E-state index contributed by atoms with van der Waals surface area (Å²) in [5, 5.41) is 9.54. The fourth-order valence-corrected chi connectivity index (χ4v) is 3.91. The summed E-state index contributed by atoms with van der Waals surface area (Å²) < 4.78 is 27.8. The number of thioether (sulfide) groups is 1. The van der Waals surface area contributed by atoms with E-state index in [-0.39, 0.29) is 16.6 Å². The zero-order chi connectivity index (χ0) is 20.3. The summed E-state index contributed by atoms with van der Waals surface area (Å²) in [6.45, 7) is 1.99. The van der Waals surface area contributed by atoms with E-state index in [0.717, 1.165) is 27.2 Å². The second-order valence-corrected chi connectivity index (χ2v) is 8.62. The van der Waals surface area contributed by atoms with Gasteiger partial charge in [0, 0.05) is 17.1 Å². The van der Waals surface area contributed by atoms with Crippen molar-refractivity contribution in [1.29, 1.82) is 0 Å². The maximum atomic E-state index is 12.2. The molecule has 0 spiro atoms. The normalized spacial score (nSPS) is 11.4. The van der Waals surface area contributed by atoms with Crippen molar-refractivity contribution < 1.29 is 17.9 Å². The molecule has 1 aromatic heterocycles. The number of fused-ring (bicyclic) bond motifs is 1. The predicted octanol–water partition coefficient (Wildman–Crippen LogP) is 2.93. The number of sulfonamides is 1. The maximum absolute atomic E-state index is 12.2. The number of aromatic nitrogens is 1. The first-order valence-electron chi connectivity index (χ1n) is 8.27. The largest absolute Gasteiger partial charge is 0.497 e. The van der Waals surface area contributed by atoms with Crippen LogP contribution in [-0.4, -0.2) is 32.2 Å². The number of nitrogens with one attached hydrogen (secondary N) is 1. The number of aryl methyl sites for hydroxylation is 1. The van der Waals surface area contributed by atoms with Gasteiger partial charge in [0.15, 0.2) is 0 Å². The number of hydrogen-bond acceptors (Lipinski definition) is 6. The molecule has 3 N–H and O–H groups in total. The Morgan fingerprint density at radius 3 is 2.54 bits per heavy atom. The fourth-order valence-electron chi connectivity index (χ4n) is 2.62. The Morgan fingerprint density at radius 1 is 1.18 bits per heavy atom. The van der Waals surface area contributed by atoms with Crippen LogP contribution in [-0.2, 0) is 14.8 Å². The number of pyridine rings is 1. The number of benzene rings is 2. The average molecular weight is 418 g/mol. The summed E-state index contributed by atoms with van der Waals surface area (Å²) in [5.41, 5.74) is 2.36. The van der Waals surface area contributed by atoms with Gasteiger partial charge < -0.3 is 10.1 Å². The third kappa shape index (κ3) is 4.80. The molecular formula is C19H19N3O4S2. The van der Waals surface area contributed by atoms with Crippen molar-refractivity contribution in [2.75, 3.05) is 18.2 Å². The van der Waals surface area contributed by atoms with Crippen LogP contribution in [0.15, 0.2) is 58.5 Å². The van der Waals surface area contributed by atoms with Crippen LogP contribution in [0.3, 0.4) is 0 Å². The number of amides is 1. The standard InChI is InChI=1S/C19H19N3O4S2/c1-12-9-19(22-17-10-14(26-2)5-8-16(12)17)27-11-18(23)21-13-3-6-15(7-4-13)28(20,24)25/h3-10H,11H2,1-2H3,(H,21,23)(H2,20,24,25). The number of rotatable bonds is 6. The van der Waals surface area contributed by atoms with Gasteiger partial charge in [0.05, 0.1) is 28.3 Å². The molecule has 0 saturated heterocycles. The monoisotopic (exact) mass is 417 g/mol. The third-order valence-electron chi connectivity index (χ3n) is 4.02. The van der Waals surface area contributed by atoms with Gasteiger partial charge in [0.1, 0.15) is 5.75 Å². The van der Waals surface area contributed by atoms with Crippen LogP contribution in [0.25, 0.3) is 10.9 Å². The molecule has 2 aromatic carbocycles. The maximum Gasteiger partial charge on any atom is 0.238 e. The van der Waals surface area contributed by atoms with Gasteiger partial charge in [-0.1, -0.05) is 11.8 Å². The number of ether oxygens (including phenoxy) is 1. The molecule has 9 heteroatoms. The molecule has 1 amide bonds. The van der Waals surface area contributed by atoms with Crippen molar-refractivity contribution in [2.45, 2.75) is 16.8 Å². The molecule has 7 nitrogen and oxygen atoms in total. The summed E-state index contributed by atoms with van der Waals surface area (Å²) in [6, 6.07) is 13.3. The predicted molar refractivity (Wildman–Crippen MR) is 110 cm³/mol. The zero-order valence-electron chi connectivity index (χ0n) is 15.3. The van der Waals surface area contributed by atoms with Crippen LogP contribution in [0, 0.1) is 6.92 Å². The van der Waals surface area contributed by atoms with Gasteiger partial charge in [-0.3, -0.25) is 4.79 Å². The van der Waals surface area contributed by atoms with Gasteiger partial charge in [-0.05, 0) is 55.0 Å². The fraction of sp³-hybridized carbons (Fsp3) is 0.158. The molecule has 0 radical (unpaired) electrons. The lowest BCUT2D eigenvalue weighted by molar-refractivity contribution is -0.113. The lowest BCUT2D eigenvalue weighted by Crippen LogP contribution is -2.15. The first-order chi connectivity index (χ1) is 13.3. The van der Waals surface area contributed by atoms with Gasteiger partial charge in [0.2, 0.25) is 15.9 Å². The lowest BCUT2D eigenvalue weighted by atomic mass is 10.1. The first-order valence-corrected chi connectivity index (χ1v) is 10.8. The minimum Gasteiger partial charge on any atom is -0.497 e. The zero-order valence-corrected chi connectivity index (χ0v) is 16.9. The number of nitrogens with two attached hydrogens (primary N) is 1. The molecule has 0 unspecified atom stereocenters. The van der Waals surface area contributed by atoms with E-state index in [2.05, 4.69) is 10.3 Å². The summed E-state index contributed by atoms with van der Waals surface area (Å²) in [7, 11) is -2.15. The Balaban J connectivity index is 1.67. The van der Waals surface area contributed by atoms with E-state index in [9.17, 15) is 13.2 Å². The van der Waals surface area contributed by atoms with E-state index in [0.29, 0.717) is 5.69 Å². The summed E-state index contributed by atoms with van der Waals surface area (Å²) in [4.78, 5) is 16.8. The van der Waals surface area contributed by atoms with Crippen LogP contribution >= 0.6 is 11.8 Å². The minimum atomic E-state index is -3.76. The number of nitrogens with zero attached hydrogens (tertiary/aromatic N) is 1. The van der Waals surface area contributed by atoms with Crippen molar-refractivity contribution in [3.8, 4) is 5.75 Å². The van der Waals surface area contributed by atoms with Crippen molar-refractivity contribution in [2.24, 2.45) is 5.14 Å². The number of hydrogen-bond donors (Lipinski definition) is 2. The summed E-state index contributed by atoms with van der Waals surface area (Å²) in [6.07, 6.45) is 0. The topological polar surface area (TPSA) is 111 Å². The highest BCUT2D eigenvalue weighted by molar-refractivity contribution is 7.99. The molecule has 0 fully saturated rings. The van der Waals surface area contributed by atoms with E-state index >= 15 is 0 Å². The van der Waals surface area contributed by atoms with Gasteiger partial charge in [-0.2, -0.15) is 0 Å². The molecule has 0 aliphatic heterocycles. The first kappa shape index (κ1) is 20.1. The molecule has 146 valence electrons. The molecule has 0 aliphatic carbocycles. The molecule has 28 heavy (non-hydrogen) atoms. The van der Waals surface area contributed by atoms with Crippen LogP contribution in [0.1, 0.15) is 5.56 Å². The smallest absolute Gasteiger partial charge is 0.238 e. The van der Waals surface area contributed by atoms with Crippen LogP contribution in [0.2, 0.25) is 0 Å². The van der Waals surface area contributed by atoms with E-state index < -0.39 is 10.0 Å². The number of carbonyl (C=O) groups excluding carboxylic acids is 1. The Labute approximate surface area is 167 Å². The van der Waals surface area contributed by atoms with Crippen LogP contribution in [0.5, 0.6) is 5.75 Å². The van der Waals surface area contributed by atoms with Crippen LogP contribution < -0.4 is 15.2 Å². The Morgan fingerprint density at radius 2 is 1.89 bits per heavy atom. The average Bonchev–Trinajstić information content (AvgIpc) is 2.65. The van der Waals surface area contributed by atoms with Gasteiger partial charge in [-0.15, -0.1) is 0 Å². The summed E-state index contributed by atoms with van der Waals surface area (Å²) in [5.74, 6) is 0.666. The molecule has 0 atom stereocenters. The molecule has 0 aliphatic rings. The van der Waals surface area contributed by atoms with E-state index in [4.69, 9.17) is 9.88 Å². The second kappa shape index (κ2) is 8.17. The van der Waals surface area contributed by atoms with E-state index in [1.54, 1.807) is 7.11 Å². The minimum absolute atomic E-state index is 0.00820. The van der Waals surface area contributed by atoms with Gasteiger partial charge in [0.25, 0.3) is 0 Å². The third-order valence-corrected chi connectivity index (χ3v) is 5.86. The highest BCUT2D eigenvalue weighted by Gasteiger charge is 2.10. The number of carbonyl (C=O) groups is 1.